The molecule has 8 heteroatoms. The molecule has 0 amide bonds. The van der Waals surface area contributed by atoms with Gasteiger partial charge in [-0.2, -0.15) is 0 Å². The lowest BCUT2D eigenvalue weighted by molar-refractivity contribution is -0.150. The fraction of sp³-hybridized carbons (Fsp3) is 0.900. The van der Waals surface area contributed by atoms with Gasteiger partial charge in [-0.05, 0) is 53.4 Å². The van der Waals surface area contributed by atoms with Crippen LogP contribution in [0.2, 0.25) is 0 Å². The van der Waals surface area contributed by atoms with Gasteiger partial charge < -0.3 is 28.4 Å². The van der Waals surface area contributed by atoms with Gasteiger partial charge in [-0.1, -0.05) is 0 Å². The van der Waals surface area contributed by atoms with Gasteiger partial charge in [0.05, 0.1) is 23.4 Å². The second-order valence-corrected chi connectivity index (χ2v) is 9.54. The molecule has 5 aliphatic heterocycles. The van der Waals surface area contributed by atoms with Gasteiger partial charge in [0.2, 0.25) is 0 Å². The summed E-state index contributed by atoms with van der Waals surface area (Å²) in [6.45, 7) is 7.96. The normalized spacial score (nSPS) is 55.7. The summed E-state index contributed by atoms with van der Waals surface area (Å²) in [6.07, 6.45) is 2.22. The van der Waals surface area contributed by atoms with Crippen LogP contribution in [0.4, 0.5) is 0 Å². The Morgan fingerprint density at radius 2 is 1.04 bits per heavy atom. The number of rotatable bonds is 0. The molecule has 0 spiro atoms. The van der Waals surface area contributed by atoms with Crippen LogP contribution in [0.3, 0.4) is 0 Å². The number of carbonyl (C=O) groups excluding carboxylic acids is 2. The van der Waals surface area contributed by atoms with Crippen LogP contribution in [0.25, 0.3) is 0 Å². The van der Waals surface area contributed by atoms with Crippen LogP contribution in [-0.2, 0) is 38.0 Å². The van der Waals surface area contributed by atoms with Gasteiger partial charge in [-0.25, -0.2) is 9.59 Å². The van der Waals surface area contributed by atoms with Gasteiger partial charge in [0.1, 0.15) is 25.4 Å². The molecule has 0 bridgehead atoms. The van der Waals surface area contributed by atoms with Crippen molar-refractivity contribution in [3.63, 3.8) is 0 Å². The highest BCUT2D eigenvalue weighted by Gasteiger charge is 2.64. The molecule has 5 fully saturated rings. The van der Waals surface area contributed by atoms with Crippen molar-refractivity contribution in [2.75, 3.05) is 13.2 Å². The van der Waals surface area contributed by atoms with Crippen molar-refractivity contribution in [2.24, 2.45) is 0 Å². The molecule has 5 aliphatic rings. The number of cyclic esters (lactones) is 2. The first-order valence-electron chi connectivity index (χ1n) is 10.1. The second kappa shape index (κ2) is 5.68. The smallest absolute Gasteiger partial charge is 0.340 e. The Kier molecular flexibility index (Phi) is 3.81. The lowest BCUT2D eigenvalue weighted by Crippen LogP contribution is -2.30. The molecule has 0 unspecified atom stereocenters. The predicted octanol–water partition coefficient (Wildman–Crippen LogP) is 1.28. The Bertz CT molecular complexity index is 665. The van der Waals surface area contributed by atoms with E-state index in [2.05, 4.69) is 0 Å². The van der Waals surface area contributed by atoms with Crippen molar-refractivity contribution in [3.05, 3.63) is 0 Å². The highest BCUT2D eigenvalue weighted by Crippen LogP contribution is 2.49. The monoisotopic (exact) mass is 396 g/mol. The van der Waals surface area contributed by atoms with E-state index in [1.165, 1.54) is 0 Å². The molecular formula is C20H28O8. The topological polar surface area (TPSA) is 103 Å². The summed E-state index contributed by atoms with van der Waals surface area (Å²) in [7, 11) is 0. The maximum absolute atomic E-state index is 12.4. The van der Waals surface area contributed by atoms with Gasteiger partial charge in [-0.3, -0.25) is 0 Å². The van der Waals surface area contributed by atoms with Crippen molar-refractivity contribution in [1.82, 2.24) is 0 Å². The minimum atomic E-state index is -0.881. The number of hydrogen-bond donors (Lipinski definition) is 0. The van der Waals surface area contributed by atoms with Gasteiger partial charge in [0, 0.05) is 0 Å². The molecule has 8 nitrogen and oxygen atoms in total. The minimum Gasteiger partial charge on any atom is -0.461 e. The zero-order valence-electron chi connectivity index (χ0n) is 16.8. The van der Waals surface area contributed by atoms with Crippen LogP contribution >= 0.6 is 0 Å². The maximum Gasteiger partial charge on any atom is 0.340 e. The molecular weight excluding hydrogens is 368 g/mol. The Morgan fingerprint density at radius 1 is 0.643 bits per heavy atom. The molecule has 0 aromatic heterocycles. The Hall–Kier alpha value is -1.22. The summed E-state index contributed by atoms with van der Waals surface area (Å²) in [5.74, 6) is -0.663. The standard InChI is InChI=1S/C20H28O8/c1-17-7-5-11-19(3,27-11)16(22)24-10-14-18(2,26-14)8-6-12-20(4,28-12)15(21)23-9-13(17)25-17/h11-14H,5-10H2,1-4H3/t11-,12-,13-,14-,17+,18+,19+,20+/m1/s1. The van der Waals surface area contributed by atoms with Gasteiger partial charge in [0.15, 0.2) is 11.2 Å². The number of epoxide rings is 4. The van der Waals surface area contributed by atoms with Crippen LogP contribution in [0, 0.1) is 0 Å². The Balaban J connectivity index is 1.25. The Labute approximate surface area is 164 Å². The highest BCUT2D eigenvalue weighted by atomic mass is 16.7. The summed E-state index contributed by atoms with van der Waals surface area (Å²) < 4.78 is 33.7. The molecule has 5 saturated heterocycles. The summed E-state index contributed by atoms with van der Waals surface area (Å²) >= 11 is 0. The highest BCUT2D eigenvalue weighted by molar-refractivity contribution is 5.83. The summed E-state index contributed by atoms with van der Waals surface area (Å²) in [5, 5.41) is 0. The largest absolute Gasteiger partial charge is 0.461 e. The number of carbonyl (C=O) groups is 2. The van der Waals surface area contributed by atoms with E-state index in [1.54, 1.807) is 13.8 Å². The first-order chi connectivity index (χ1) is 13.1. The lowest BCUT2D eigenvalue weighted by Gasteiger charge is -2.11. The van der Waals surface area contributed by atoms with E-state index in [9.17, 15) is 9.59 Å². The summed E-state index contributed by atoms with van der Waals surface area (Å²) in [4.78, 5) is 24.9. The van der Waals surface area contributed by atoms with Crippen molar-refractivity contribution < 1.29 is 38.0 Å². The van der Waals surface area contributed by atoms with Crippen molar-refractivity contribution in [1.29, 1.82) is 0 Å². The minimum absolute atomic E-state index is 0.132. The third-order valence-electron chi connectivity index (χ3n) is 7.31. The number of ether oxygens (including phenoxy) is 6. The molecule has 0 radical (unpaired) electrons. The predicted molar refractivity (Wildman–Crippen MR) is 93.5 cm³/mol. The first-order valence-corrected chi connectivity index (χ1v) is 10.1. The Morgan fingerprint density at radius 3 is 1.43 bits per heavy atom. The van der Waals surface area contributed by atoms with E-state index in [4.69, 9.17) is 28.4 Å². The third kappa shape index (κ3) is 2.96. The molecule has 0 aromatic carbocycles. The summed E-state index contributed by atoms with van der Waals surface area (Å²) in [5.41, 5.74) is -2.46. The van der Waals surface area contributed by atoms with Crippen molar-refractivity contribution in [3.8, 4) is 0 Å². The number of esters is 2. The lowest BCUT2D eigenvalue weighted by atomic mass is 9.95. The fourth-order valence-corrected chi connectivity index (χ4v) is 4.42. The quantitative estimate of drug-likeness (QED) is 0.446. The van der Waals surface area contributed by atoms with E-state index >= 15 is 0 Å². The second-order valence-electron chi connectivity index (χ2n) is 9.54. The molecule has 28 heavy (non-hydrogen) atoms. The van der Waals surface area contributed by atoms with Crippen molar-refractivity contribution in [2.45, 2.75) is 100 Å². The van der Waals surface area contributed by atoms with Crippen LogP contribution < -0.4 is 0 Å². The van der Waals surface area contributed by atoms with Crippen LogP contribution in [0.1, 0.15) is 53.4 Å². The summed E-state index contributed by atoms with van der Waals surface area (Å²) in [6, 6.07) is 0. The maximum atomic E-state index is 12.4. The molecule has 5 heterocycles. The molecule has 0 aliphatic carbocycles. The zero-order valence-corrected chi connectivity index (χ0v) is 16.8. The molecule has 0 saturated carbocycles. The van der Waals surface area contributed by atoms with E-state index in [0.717, 1.165) is 12.8 Å². The molecule has 5 rings (SSSR count). The average Bonchev–Trinajstić information content (AvgIpc) is 3.55. The van der Waals surface area contributed by atoms with Crippen LogP contribution in [0.5, 0.6) is 0 Å². The molecule has 0 N–H and O–H groups in total. The SMILES string of the molecule is C[C@]12CC[C@H]3O[C@]3(C)C(=O)OC[C@H]3O[C@@]3(C)CC[C@H]3O[C@]3(C)C(=O)OC[C@H]1O2. The molecule has 8 atom stereocenters. The fourth-order valence-electron chi connectivity index (χ4n) is 4.42. The van der Waals surface area contributed by atoms with Crippen molar-refractivity contribution >= 4 is 11.9 Å². The van der Waals surface area contributed by atoms with Gasteiger partial charge >= 0.3 is 11.9 Å². The first kappa shape index (κ1) is 18.8. The number of fused-ring (bicyclic) bond motifs is 4. The van der Waals surface area contributed by atoms with Gasteiger partial charge in [-0.15, -0.1) is 0 Å². The third-order valence-corrected chi connectivity index (χ3v) is 7.31. The average molecular weight is 396 g/mol. The van der Waals surface area contributed by atoms with E-state index < -0.39 is 11.2 Å². The molecule has 156 valence electrons. The van der Waals surface area contributed by atoms with Crippen LogP contribution in [0.15, 0.2) is 0 Å². The van der Waals surface area contributed by atoms with E-state index in [0.29, 0.717) is 12.8 Å². The van der Waals surface area contributed by atoms with E-state index in [1.807, 2.05) is 13.8 Å². The zero-order chi connectivity index (χ0) is 19.9. The number of hydrogen-bond acceptors (Lipinski definition) is 8. The van der Waals surface area contributed by atoms with Gasteiger partial charge in [0.25, 0.3) is 0 Å². The molecule has 0 aromatic rings. The van der Waals surface area contributed by atoms with Crippen LogP contribution in [-0.4, -0.2) is 72.0 Å². The van der Waals surface area contributed by atoms with E-state index in [-0.39, 0.29) is 60.8 Å².